The monoisotopic (exact) mass is 249 g/mol. The van der Waals surface area contributed by atoms with Crippen molar-refractivity contribution in [3.8, 4) is 0 Å². The number of urea groups is 1. The molecule has 1 atom stereocenters. The van der Waals surface area contributed by atoms with Gasteiger partial charge in [0.2, 0.25) is 0 Å². The summed E-state index contributed by atoms with van der Waals surface area (Å²) in [6.07, 6.45) is 0. The molecule has 1 aromatic rings. The summed E-state index contributed by atoms with van der Waals surface area (Å²) in [5.74, 6) is 0.459. The lowest BCUT2D eigenvalue weighted by Crippen LogP contribution is -2.34. The van der Waals surface area contributed by atoms with Crippen LogP contribution in [0, 0.1) is 5.92 Å². The number of benzene rings is 1. The Balaban J connectivity index is 2.59. The Morgan fingerprint density at radius 2 is 1.83 bits per heavy atom. The highest BCUT2D eigenvalue weighted by atomic mass is 16.2. The van der Waals surface area contributed by atoms with Gasteiger partial charge in [-0.3, -0.25) is 0 Å². The first kappa shape index (κ1) is 14.5. The zero-order valence-electron chi connectivity index (χ0n) is 11.6. The van der Waals surface area contributed by atoms with Crippen molar-refractivity contribution in [2.24, 2.45) is 11.7 Å². The van der Waals surface area contributed by atoms with Gasteiger partial charge < -0.3 is 16.0 Å². The van der Waals surface area contributed by atoms with Crippen LogP contribution in [0.15, 0.2) is 24.3 Å². The molecule has 4 heteroatoms. The van der Waals surface area contributed by atoms with Crippen molar-refractivity contribution in [2.75, 3.05) is 18.9 Å². The number of amides is 2. The molecule has 0 aromatic heterocycles. The molecule has 4 nitrogen and oxygen atoms in total. The normalized spacial score (nSPS) is 12.3. The summed E-state index contributed by atoms with van der Waals surface area (Å²) in [7, 11) is 1.80. The minimum atomic E-state index is -0.0859. The molecule has 0 heterocycles. The van der Waals surface area contributed by atoms with Crippen LogP contribution >= 0.6 is 0 Å². The van der Waals surface area contributed by atoms with Crippen LogP contribution < -0.4 is 11.1 Å². The van der Waals surface area contributed by atoms with Gasteiger partial charge in [0.25, 0.3) is 0 Å². The van der Waals surface area contributed by atoms with Gasteiger partial charge in [0.15, 0.2) is 0 Å². The first-order chi connectivity index (χ1) is 8.40. The van der Waals surface area contributed by atoms with E-state index in [0.29, 0.717) is 5.92 Å². The maximum absolute atomic E-state index is 11.9. The Bertz CT molecular complexity index is 385. The smallest absolute Gasteiger partial charge is 0.321 e. The molecule has 0 fully saturated rings. The standard InChI is InChI=1S/C14H23N3O/c1-10(2)9-17(4)14(18)16-13-7-5-12(6-8-13)11(3)15/h5-8,10-11H,9,15H2,1-4H3,(H,16,18). The van der Waals surface area contributed by atoms with Crippen molar-refractivity contribution < 1.29 is 4.79 Å². The molecule has 1 rings (SSSR count). The van der Waals surface area contributed by atoms with Crippen LogP contribution in [-0.2, 0) is 0 Å². The van der Waals surface area contributed by atoms with Crippen LogP contribution in [0.5, 0.6) is 0 Å². The summed E-state index contributed by atoms with van der Waals surface area (Å²) in [5.41, 5.74) is 7.62. The number of carbonyl (C=O) groups excluding carboxylic acids is 1. The number of nitrogens with two attached hydrogens (primary N) is 1. The lowest BCUT2D eigenvalue weighted by molar-refractivity contribution is 0.217. The van der Waals surface area contributed by atoms with E-state index in [1.807, 2.05) is 31.2 Å². The van der Waals surface area contributed by atoms with E-state index in [0.717, 1.165) is 17.8 Å². The zero-order chi connectivity index (χ0) is 13.7. The number of anilines is 1. The van der Waals surface area contributed by atoms with Crippen molar-refractivity contribution in [3.63, 3.8) is 0 Å². The summed E-state index contributed by atoms with van der Waals surface area (Å²) < 4.78 is 0. The number of rotatable bonds is 4. The molecule has 0 radical (unpaired) electrons. The summed E-state index contributed by atoms with van der Waals surface area (Å²) in [5, 5.41) is 2.86. The van der Waals surface area contributed by atoms with E-state index in [1.54, 1.807) is 11.9 Å². The highest BCUT2D eigenvalue weighted by Gasteiger charge is 2.10. The van der Waals surface area contributed by atoms with Crippen molar-refractivity contribution in [2.45, 2.75) is 26.8 Å². The molecule has 18 heavy (non-hydrogen) atoms. The van der Waals surface area contributed by atoms with Crippen LogP contribution in [0.2, 0.25) is 0 Å². The fourth-order valence-corrected chi connectivity index (χ4v) is 1.72. The third kappa shape index (κ3) is 4.37. The van der Waals surface area contributed by atoms with Crippen LogP contribution in [0.1, 0.15) is 32.4 Å². The van der Waals surface area contributed by atoms with Gasteiger partial charge in [-0.15, -0.1) is 0 Å². The second-order valence-electron chi connectivity index (χ2n) is 5.12. The van der Waals surface area contributed by atoms with Crippen molar-refractivity contribution >= 4 is 11.7 Å². The third-order valence-electron chi connectivity index (χ3n) is 2.67. The van der Waals surface area contributed by atoms with Gasteiger partial charge in [0.1, 0.15) is 0 Å². The van der Waals surface area contributed by atoms with Crippen LogP contribution in [0.25, 0.3) is 0 Å². The van der Waals surface area contributed by atoms with E-state index < -0.39 is 0 Å². The zero-order valence-corrected chi connectivity index (χ0v) is 11.6. The first-order valence-electron chi connectivity index (χ1n) is 6.27. The Labute approximate surface area is 109 Å². The number of nitrogens with one attached hydrogen (secondary N) is 1. The topological polar surface area (TPSA) is 58.4 Å². The van der Waals surface area contributed by atoms with E-state index in [2.05, 4.69) is 19.2 Å². The second kappa shape index (κ2) is 6.40. The fourth-order valence-electron chi connectivity index (χ4n) is 1.72. The minimum absolute atomic E-state index is 0.0124. The van der Waals surface area contributed by atoms with Gasteiger partial charge in [-0.1, -0.05) is 26.0 Å². The highest BCUT2D eigenvalue weighted by molar-refractivity contribution is 5.89. The Hall–Kier alpha value is -1.55. The maximum Gasteiger partial charge on any atom is 0.321 e. The quantitative estimate of drug-likeness (QED) is 0.862. The molecule has 1 unspecified atom stereocenters. The van der Waals surface area contributed by atoms with Gasteiger partial charge in [0, 0.05) is 25.3 Å². The van der Waals surface area contributed by atoms with Crippen LogP contribution in [-0.4, -0.2) is 24.5 Å². The average Bonchev–Trinajstić information content (AvgIpc) is 2.28. The second-order valence-corrected chi connectivity index (χ2v) is 5.12. The number of nitrogens with zero attached hydrogens (tertiary/aromatic N) is 1. The number of carbonyl (C=O) groups is 1. The van der Waals surface area contributed by atoms with Gasteiger partial charge in [-0.25, -0.2) is 4.79 Å². The highest BCUT2D eigenvalue weighted by Crippen LogP contribution is 2.14. The lowest BCUT2D eigenvalue weighted by Gasteiger charge is -2.20. The molecule has 0 aliphatic carbocycles. The first-order valence-corrected chi connectivity index (χ1v) is 6.27. The molecule has 0 saturated heterocycles. The summed E-state index contributed by atoms with van der Waals surface area (Å²) in [6, 6.07) is 7.54. The molecule has 0 aliphatic heterocycles. The lowest BCUT2D eigenvalue weighted by atomic mass is 10.1. The predicted octanol–water partition coefficient (Wildman–Crippen LogP) is 2.83. The van der Waals surface area contributed by atoms with E-state index in [9.17, 15) is 4.79 Å². The van der Waals surface area contributed by atoms with Gasteiger partial charge in [-0.2, -0.15) is 0 Å². The molecule has 2 amide bonds. The largest absolute Gasteiger partial charge is 0.327 e. The van der Waals surface area contributed by atoms with Gasteiger partial charge >= 0.3 is 6.03 Å². The summed E-state index contributed by atoms with van der Waals surface area (Å²) in [4.78, 5) is 13.5. The molecule has 100 valence electrons. The minimum Gasteiger partial charge on any atom is -0.327 e. The predicted molar refractivity (Wildman–Crippen MR) is 75.5 cm³/mol. The van der Waals surface area contributed by atoms with Crippen LogP contribution in [0.4, 0.5) is 10.5 Å². The number of hydrogen-bond acceptors (Lipinski definition) is 2. The van der Waals surface area contributed by atoms with E-state index in [1.165, 1.54) is 0 Å². The molecule has 1 aromatic carbocycles. The summed E-state index contributed by atoms with van der Waals surface area (Å²) >= 11 is 0. The molecule has 0 saturated carbocycles. The van der Waals surface area contributed by atoms with E-state index >= 15 is 0 Å². The van der Waals surface area contributed by atoms with Crippen molar-refractivity contribution in [1.82, 2.24) is 4.90 Å². The van der Waals surface area contributed by atoms with Gasteiger partial charge in [-0.05, 0) is 30.5 Å². The molecule has 0 spiro atoms. The molecular weight excluding hydrogens is 226 g/mol. The maximum atomic E-state index is 11.9. The molecular formula is C14H23N3O. The van der Waals surface area contributed by atoms with Crippen molar-refractivity contribution in [1.29, 1.82) is 0 Å². The van der Waals surface area contributed by atoms with E-state index in [-0.39, 0.29) is 12.1 Å². The summed E-state index contributed by atoms with van der Waals surface area (Å²) in [6.45, 7) is 6.84. The third-order valence-corrected chi connectivity index (χ3v) is 2.67. The fraction of sp³-hybridized carbons (Fsp3) is 0.500. The Morgan fingerprint density at radius 1 is 1.28 bits per heavy atom. The molecule has 0 aliphatic rings. The number of hydrogen-bond donors (Lipinski definition) is 2. The molecule has 0 bridgehead atoms. The average molecular weight is 249 g/mol. The van der Waals surface area contributed by atoms with Crippen molar-refractivity contribution in [3.05, 3.63) is 29.8 Å². The Morgan fingerprint density at radius 3 is 2.28 bits per heavy atom. The van der Waals surface area contributed by atoms with Gasteiger partial charge in [0.05, 0.1) is 0 Å². The SMILES string of the molecule is CC(C)CN(C)C(=O)Nc1ccc(C(C)N)cc1. The van der Waals surface area contributed by atoms with Crippen LogP contribution in [0.3, 0.4) is 0 Å². The molecule has 3 N–H and O–H groups in total. The Kier molecular flexibility index (Phi) is 5.16. The van der Waals surface area contributed by atoms with E-state index in [4.69, 9.17) is 5.73 Å².